The fourth-order valence-electron chi connectivity index (χ4n) is 0. The van der Waals surface area contributed by atoms with E-state index in [0.717, 1.165) is 0 Å². The van der Waals surface area contributed by atoms with Gasteiger partial charge < -0.3 is 4.57 Å². The van der Waals surface area contributed by atoms with Gasteiger partial charge in [0.05, 0.1) is 7.14 Å². The van der Waals surface area contributed by atoms with Crippen LogP contribution in [0.2, 0.25) is 0 Å². The summed E-state index contributed by atoms with van der Waals surface area (Å²) in [6.45, 7) is 11.9. The number of hydrogen-bond acceptors (Lipinski definition) is 1. The molecular weight excluding hydrogens is 143 g/mol. The van der Waals surface area contributed by atoms with Gasteiger partial charge >= 0.3 is 0 Å². The second-order valence-electron chi connectivity index (χ2n) is 3.24. The lowest BCUT2D eigenvalue weighted by molar-refractivity contribution is 0.576. The van der Waals surface area contributed by atoms with Gasteiger partial charge in [-0.25, -0.2) is 0 Å². The van der Waals surface area contributed by atoms with Crippen LogP contribution in [0, 0.1) is 0 Å². The van der Waals surface area contributed by atoms with Gasteiger partial charge in [0, 0.05) is 5.66 Å². The molecule has 0 atom stereocenters. The Hall–Kier alpha value is 0.230. The molecule has 0 saturated carbocycles. The van der Waals surface area contributed by atoms with Crippen LogP contribution in [-0.2, 0) is 4.57 Å². The Morgan fingerprint density at radius 2 is 1.30 bits per heavy atom. The van der Waals surface area contributed by atoms with Crippen molar-refractivity contribution in [3.63, 3.8) is 0 Å². The van der Waals surface area contributed by atoms with Crippen molar-refractivity contribution in [1.29, 1.82) is 0 Å². The summed E-state index contributed by atoms with van der Waals surface area (Å²) in [7, 11) is -1.74. The maximum absolute atomic E-state index is 10.9. The van der Waals surface area contributed by atoms with Crippen LogP contribution in [0.3, 0.4) is 0 Å². The lowest BCUT2D eigenvalue weighted by atomic mass is 10.6. The highest BCUT2D eigenvalue weighted by Gasteiger charge is 2.10. The summed E-state index contributed by atoms with van der Waals surface area (Å²) < 4.78 is 10.9. The van der Waals surface area contributed by atoms with Gasteiger partial charge in [0.25, 0.3) is 0 Å². The third-order valence-electron chi connectivity index (χ3n) is 1.24. The smallest absolute Gasteiger partial charge is 0.0843 e. The van der Waals surface area contributed by atoms with Crippen molar-refractivity contribution in [2.24, 2.45) is 0 Å². The lowest BCUT2D eigenvalue weighted by Crippen LogP contribution is -1.92. The molecule has 0 N–H and O–H groups in total. The first-order chi connectivity index (χ1) is 4.36. The highest BCUT2D eigenvalue weighted by atomic mass is 31.2. The standard InChI is InChI=1S/C5H13OP.C3H8/c1-5(2)7(3,4)6;1-3-2/h5H,1-4H3;3H2,1-2H3. The van der Waals surface area contributed by atoms with Crippen molar-refractivity contribution >= 4 is 7.14 Å². The first-order valence-corrected chi connectivity index (χ1v) is 6.57. The number of hydrogen-bond donors (Lipinski definition) is 0. The van der Waals surface area contributed by atoms with Crippen LogP contribution in [0.5, 0.6) is 0 Å². The third-order valence-corrected chi connectivity index (χ3v) is 3.73. The monoisotopic (exact) mass is 164 g/mol. The molecule has 0 aliphatic rings. The average molecular weight is 164 g/mol. The van der Waals surface area contributed by atoms with E-state index in [1.165, 1.54) is 6.42 Å². The maximum atomic E-state index is 10.9. The molecule has 1 nitrogen and oxygen atoms in total. The normalized spacial score (nSPS) is 10.7. The van der Waals surface area contributed by atoms with Gasteiger partial charge in [-0.3, -0.25) is 0 Å². The number of rotatable bonds is 1. The van der Waals surface area contributed by atoms with Crippen molar-refractivity contribution < 1.29 is 4.57 Å². The van der Waals surface area contributed by atoms with Gasteiger partial charge in [-0.05, 0) is 13.3 Å². The Kier molecular flexibility index (Phi) is 7.69. The summed E-state index contributed by atoms with van der Waals surface area (Å²) in [5.74, 6) is 0. The highest BCUT2D eigenvalue weighted by molar-refractivity contribution is 7.63. The molecule has 0 rings (SSSR count). The van der Waals surface area contributed by atoms with E-state index < -0.39 is 7.14 Å². The van der Waals surface area contributed by atoms with Gasteiger partial charge in [-0.15, -0.1) is 0 Å². The minimum absolute atomic E-state index is 0.354. The van der Waals surface area contributed by atoms with Crippen LogP contribution in [-0.4, -0.2) is 19.0 Å². The second kappa shape index (κ2) is 5.97. The van der Waals surface area contributed by atoms with E-state index in [0.29, 0.717) is 5.66 Å². The highest BCUT2D eigenvalue weighted by Crippen LogP contribution is 2.41. The molecule has 0 unspecified atom stereocenters. The van der Waals surface area contributed by atoms with Crippen molar-refractivity contribution in [2.75, 3.05) is 13.3 Å². The van der Waals surface area contributed by atoms with E-state index in [-0.39, 0.29) is 0 Å². The molecular formula is C8H21OP. The molecule has 0 amide bonds. The Morgan fingerprint density at radius 3 is 1.30 bits per heavy atom. The molecule has 0 aromatic heterocycles. The zero-order valence-corrected chi connectivity index (χ0v) is 9.03. The molecule has 0 radical (unpaired) electrons. The molecule has 0 aliphatic carbocycles. The Labute approximate surface area is 65.6 Å². The predicted molar refractivity (Wildman–Crippen MR) is 50.6 cm³/mol. The molecule has 0 fully saturated rings. The molecule has 0 aromatic rings. The zero-order valence-electron chi connectivity index (χ0n) is 8.14. The topological polar surface area (TPSA) is 17.1 Å². The fourth-order valence-corrected chi connectivity index (χ4v) is 0. The Balaban J connectivity index is 0. The van der Waals surface area contributed by atoms with Gasteiger partial charge in [0.15, 0.2) is 0 Å². The minimum Gasteiger partial charge on any atom is -0.324 e. The molecule has 0 aliphatic heterocycles. The van der Waals surface area contributed by atoms with Crippen molar-refractivity contribution in [2.45, 2.75) is 39.8 Å². The summed E-state index contributed by atoms with van der Waals surface area (Å²) in [4.78, 5) is 0. The van der Waals surface area contributed by atoms with Crippen molar-refractivity contribution in [1.82, 2.24) is 0 Å². The van der Waals surface area contributed by atoms with Crippen LogP contribution < -0.4 is 0 Å². The molecule has 0 bridgehead atoms. The van der Waals surface area contributed by atoms with Crippen LogP contribution in [0.1, 0.15) is 34.1 Å². The summed E-state index contributed by atoms with van der Waals surface area (Å²) in [6.07, 6.45) is 1.25. The van der Waals surface area contributed by atoms with Gasteiger partial charge in [0.2, 0.25) is 0 Å². The van der Waals surface area contributed by atoms with Gasteiger partial charge in [0.1, 0.15) is 0 Å². The van der Waals surface area contributed by atoms with Crippen molar-refractivity contribution in [3.05, 3.63) is 0 Å². The summed E-state index contributed by atoms with van der Waals surface area (Å²) in [6, 6.07) is 0. The third kappa shape index (κ3) is 11.1. The Bertz CT molecular complexity index is 102. The van der Waals surface area contributed by atoms with E-state index >= 15 is 0 Å². The largest absolute Gasteiger partial charge is 0.324 e. The van der Waals surface area contributed by atoms with E-state index in [1.807, 2.05) is 27.2 Å². The average Bonchev–Trinajstić information content (AvgIpc) is 1.64. The van der Waals surface area contributed by atoms with Crippen molar-refractivity contribution in [3.8, 4) is 0 Å². The molecule has 64 valence electrons. The first-order valence-electron chi connectivity index (χ1n) is 3.90. The SMILES string of the molecule is CC(C)P(C)(C)=O.CCC. The molecule has 0 spiro atoms. The quantitative estimate of drug-likeness (QED) is 0.542. The summed E-state index contributed by atoms with van der Waals surface area (Å²) >= 11 is 0. The summed E-state index contributed by atoms with van der Waals surface area (Å²) in [5.41, 5.74) is 0.354. The van der Waals surface area contributed by atoms with Gasteiger partial charge in [-0.1, -0.05) is 34.1 Å². The zero-order chi connectivity index (χ0) is 8.78. The molecule has 0 aromatic carbocycles. The van der Waals surface area contributed by atoms with Gasteiger partial charge in [-0.2, -0.15) is 0 Å². The summed E-state index contributed by atoms with van der Waals surface area (Å²) in [5, 5.41) is 0. The second-order valence-corrected chi connectivity index (χ2v) is 7.14. The molecule has 0 heterocycles. The minimum atomic E-state index is -1.74. The van der Waals surface area contributed by atoms with Crippen LogP contribution in [0.25, 0.3) is 0 Å². The fraction of sp³-hybridized carbons (Fsp3) is 1.00. The Morgan fingerprint density at radius 1 is 1.20 bits per heavy atom. The molecule has 2 heteroatoms. The van der Waals surface area contributed by atoms with Crippen LogP contribution in [0.4, 0.5) is 0 Å². The van der Waals surface area contributed by atoms with Crippen LogP contribution >= 0.6 is 7.14 Å². The maximum Gasteiger partial charge on any atom is 0.0843 e. The van der Waals surface area contributed by atoms with E-state index in [9.17, 15) is 4.57 Å². The first kappa shape index (κ1) is 12.9. The molecule has 10 heavy (non-hydrogen) atoms. The van der Waals surface area contributed by atoms with Crippen LogP contribution in [0.15, 0.2) is 0 Å². The lowest BCUT2D eigenvalue weighted by Gasteiger charge is -2.08. The van der Waals surface area contributed by atoms with E-state index in [2.05, 4.69) is 13.8 Å². The predicted octanol–water partition coefficient (Wildman–Crippen LogP) is 3.43. The van der Waals surface area contributed by atoms with E-state index in [4.69, 9.17) is 0 Å². The van der Waals surface area contributed by atoms with E-state index in [1.54, 1.807) is 0 Å². The molecule has 0 saturated heterocycles.